The minimum Gasteiger partial charge on any atom is -0.390 e. The molecule has 1 N–H and O–H groups in total. The molecule has 0 radical (unpaired) electrons. The van der Waals surface area contributed by atoms with Crippen molar-refractivity contribution in [3.8, 4) is 0 Å². The van der Waals surface area contributed by atoms with E-state index in [1.165, 1.54) is 0 Å². The molecule has 0 aromatic rings. The zero-order valence-corrected chi connectivity index (χ0v) is 7.26. The molecule has 2 heteroatoms. The lowest BCUT2D eigenvalue weighted by Crippen LogP contribution is -2.32. The molecule has 1 aliphatic rings. The summed E-state index contributed by atoms with van der Waals surface area (Å²) >= 11 is 0. The van der Waals surface area contributed by atoms with E-state index in [9.17, 15) is 4.39 Å². The highest BCUT2D eigenvalue weighted by atomic mass is 19.1. The van der Waals surface area contributed by atoms with Crippen molar-refractivity contribution in [2.45, 2.75) is 45.4 Å². The summed E-state index contributed by atoms with van der Waals surface area (Å²) in [5.41, 5.74) is 0. The van der Waals surface area contributed by atoms with Crippen LogP contribution in [0, 0.1) is 11.8 Å². The van der Waals surface area contributed by atoms with Gasteiger partial charge in [-0.3, -0.25) is 0 Å². The minimum atomic E-state index is -0.976. The summed E-state index contributed by atoms with van der Waals surface area (Å²) in [5, 5.41) is 9.10. The first-order chi connectivity index (χ1) is 5.11. The maximum Gasteiger partial charge on any atom is 0.126 e. The van der Waals surface area contributed by atoms with Crippen LogP contribution in [0.15, 0.2) is 0 Å². The van der Waals surface area contributed by atoms with Gasteiger partial charge in [0.2, 0.25) is 0 Å². The topological polar surface area (TPSA) is 20.2 Å². The number of aliphatic hydroxyl groups is 1. The van der Waals surface area contributed by atoms with E-state index in [4.69, 9.17) is 5.11 Å². The molecule has 0 saturated heterocycles. The van der Waals surface area contributed by atoms with Crippen LogP contribution in [0.2, 0.25) is 0 Å². The van der Waals surface area contributed by atoms with Gasteiger partial charge in [0.15, 0.2) is 0 Å². The second-order valence-corrected chi connectivity index (χ2v) is 3.90. The second-order valence-electron chi connectivity index (χ2n) is 3.90. The van der Waals surface area contributed by atoms with E-state index >= 15 is 0 Å². The van der Waals surface area contributed by atoms with Crippen LogP contribution in [0.1, 0.15) is 33.1 Å². The van der Waals surface area contributed by atoms with Crippen LogP contribution < -0.4 is 0 Å². The van der Waals surface area contributed by atoms with E-state index in [-0.39, 0.29) is 0 Å². The fourth-order valence-corrected chi connectivity index (χ4v) is 1.74. The number of alkyl halides is 1. The Hall–Kier alpha value is -0.110. The fraction of sp³-hybridized carbons (Fsp3) is 1.00. The highest BCUT2D eigenvalue weighted by Gasteiger charge is 2.30. The molecule has 1 saturated carbocycles. The van der Waals surface area contributed by atoms with Crippen LogP contribution in [0.3, 0.4) is 0 Å². The van der Waals surface area contributed by atoms with Gasteiger partial charge in [-0.1, -0.05) is 13.8 Å². The fourth-order valence-electron chi connectivity index (χ4n) is 1.74. The van der Waals surface area contributed by atoms with Crippen molar-refractivity contribution in [1.82, 2.24) is 0 Å². The molecule has 0 spiro atoms. The summed E-state index contributed by atoms with van der Waals surface area (Å²) in [5.74, 6) is 1.04. The monoisotopic (exact) mass is 160 g/mol. The van der Waals surface area contributed by atoms with Gasteiger partial charge in [-0.15, -0.1) is 0 Å². The van der Waals surface area contributed by atoms with Crippen molar-refractivity contribution >= 4 is 0 Å². The van der Waals surface area contributed by atoms with E-state index in [2.05, 4.69) is 13.8 Å². The van der Waals surface area contributed by atoms with Gasteiger partial charge in [0.05, 0.1) is 6.10 Å². The Morgan fingerprint density at radius 1 is 1.36 bits per heavy atom. The Morgan fingerprint density at radius 3 is 2.45 bits per heavy atom. The largest absolute Gasteiger partial charge is 0.390 e. The smallest absolute Gasteiger partial charge is 0.126 e. The molecule has 11 heavy (non-hydrogen) atoms. The molecular weight excluding hydrogens is 143 g/mol. The van der Waals surface area contributed by atoms with Crippen LogP contribution in [-0.2, 0) is 0 Å². The first-order valence-corrected chi connectivity index (χ1v) is 4.43. The third-order valence-corrected chi connectivity index (χ3v) is 2.72. The van der Waals surface area contributed by atoms with Crippen molar-refractivity contribution in [3.05, 3.63) is 0 Å². The van der Waals surface area contributed by atoms with Crippen molar-refractivity contribution in [2.24, 2.45) is 11.8 Å². The SMILES string of the molecule is CC(C)[C@@H]1CC[C@@H](O)[C@@H](F)C1. The molecule has 0 aliphatic heterocycles. The first-order valence-electron chi connectivity index (χ1n) is 4.43. The first kappa shape index (κ1) is 8.98. The van der Waals surface area contributed by atoms with Gasteiger partial charge in [0.1, 0.15) is 6.17 Å². The Balaban J connectivity index is 2.40. The lowest BCUT2D eigenvalue weighted by Gasteiger charge is -2.30. The number of hydrogen-bond acceptors (Lipinski definition) is 1. The summed E-state index contributed by atoms with van der Waals surface area (Å²) < 4.78 is 12.9. The zero-order chi connectivity index (χ0) is 8.43. The molecule has 66 valence electrons. The Morgan fingerprint density at radius 2 is 2.00 bits per heavy atom. The van der Waals surface area contributed by atoms with Gasteiger partial charge in [0, 0.05) is 0 Å². The van der Waals surface area contributed by atoms with Crippen molar-refractivity contribution in [2.75, 3.05) is 0 Å². The van der Waals surface area contributed by atoms with Crippen LogP contribution in [0.5, 0.6) is 0 Å². The minimum absolute atomic E-state index is 0.480. The number of aliphatic hydroxyl groups excluding tert-OH is 1. The molecule has 3 atom stereocenters. The summed E-state index contributed by atoms with van der Waals surface area (Å²) in [4.78, 5) is 0. The van der Waals surface area contributed by atoms with E-state index in [1.54, 1.807) is 0 Å². The van der Waals surface area contributed by atoms with Crippen LogP contribution in [-0.4, -0.2) is 17.4 Å². The summed E-state index contributed by atoms with van der Waals surface area (Å²) in [7, 11) is 0. The summed E-state index contributed by atoms with van der Waals surface area (Å²) in [6.45, 7) is 4.24. The van der Waals surface area contributed by atoms with E-state index in [0.29, 0.717) is 24.7 Å². The Bertz CT molecular complexity index is 125. The molecule has 0 unspecified atom stereocenters. The van der Waals surface area contributed by atoms with Crippen LogP contribution in [0.4, 0.5) is 4.39 Å². The number of hydrogen-bond donors (Lipinski definition) is 1. The van der Waals surface area contributed by atoms with Crippen molar-refractivity contribution in [3.63, 3.8) is 0 Å². The molecule has 1 rings (SSSR count). The maximum absolute atomic E-state index is 12.9. The predicted molar refractivity (Wildman–Crippen MR) is 43.1 cm³/mol. The van der Waals surface area contributed by atoms with Gasteiger partial charge in [-0.25, -0.2) is 4.39 Å². The highest BCUT2D eigenvalue weighted by molar-refractivity contribution is 4.80. The average Bonchev–Trinajstić information content (AvgIpc) is 1.94. The van der Waals surface area contributed by atoms with Gasteiger partial charge in [-0.2, -0.15) is 0 Å². The second kappa shape index (κ2) is 3.53. The van der Waals surface area contributed by atoms with Crippen molar-refractivity contribution in [1.29, 1.82) is 0 Å². The predicted octanol–water partition coefficient (Wildman–Crippen LogP) is 2.14. The Labute approximate surface area is 67.6 Å². The van der Waals surface area contributed by atoms with E-state index in [1.807, 2.05) is 0 Å². The third kappa shape index (κ3) is 2.16. The highest BCUT2D eigenvalue weighted by Crippen LogP contribution is 2.31. The number of rotatable bonds is 1. The lowest BCUT2D eigenvalue weighted by atomic mass is 9.80. The summed E-state index contributed by atoms with van der Waals surface area (Å²) in [6.07, 6.45) is 0.517. The molecule has 0 bridgehead atoms. The van der Waals surface area contributed by atoms with Crippen molar-refractivity contribution < 1.29 is 9.50 Å². The van der Waals surface area contributed by atoms with Crippen LogP contribution in [0.25, 0.3) is 0 Å². The molecule has 0 aromatic heterocycles. The maximum atomic E-state index is 12.9. The Kier molecular flexibility index (Phi) is 2.88. The van der Waals surface area contributed by atoms with Gasteiger partial charge < -0.3 is 5.11 Å². The van der Waals surface area contributed by atoms with Gasteiger partial charge in [0.25, 0.3) is 0 Å². The average molecular weight is 160 g/mol. The normalized spacial score (nSPS) is 39.5. The molecule has 0 heterocycles. The zero-order valence-electron chi connectivity index (χ0n) is 7.26. The van der Waals surface area contributed by atoms with Crippen LogP contribution >= 0.6 is 0 Å². The standard InChI is InChI=1S/C9H17FO/c1-6(2)7-3-4-9(11)8(10)5-7/h6-9,11H,3-5H2,1-2H3/t7-,8+,9-/m1/s1. The van der Waals surface area contributed by atoms with Gasteiger partial charge in [-0.05, 0) is 31.1 Å². The van der Waals surface area contributed by atoms with E-state index in [0.717, 1.165) is 6.42 Å². The molecule has 1 fully saturated rings. The lowest BCUT2D eigenvalue weighted by molar-refractivity contribution is 0.0156. The molecule has 0 aromatic carbocycles. The quantitative estimate of drug-likeness (QED) is 0.623. The third-order valence-electron chi connectivity index (χ3n) is 2.72. The van der Waals surface area contributed by atoms with E-state index < -0.39 is 12.3 Å². The summed E-state index contributed by atoms with van der Waals surface area (Å²) in [6, 6.07) is 0. The molecular formula is C9H17FO. The molecule has 1 aliphatic carbocycles. The molecule has 1 nitrogen and oxygen atoms in total. The van der Waals surface area contributed by atoms with Gasteiger partial charge >= 0.3 is 0 Å². The number of halogens is 1. The molecule has 0 amide bonds.